The highest BCUT2D eigenvalue weighted by Gasteiger charge is 2.67. The highest BCUT2D eigenvalue weighted by molar-refractivity contribution is 9.10. The molecule has 1 aromatic carbocycles. The Morgan fingerprint density at radius 3 is 2.92 bits per heavy atom. The molecule has 2 saturated heterocycles. The Bertz CT molecular complexity index is 762. The van der Waals surface area contributed by atoms with Gasteiger partial charge in [0.1, 0.15) is 11.5 Å². The fourth-order valence-corrected chi connectivity index (χ4v) is 4.49. The van der Waals surface area contributed by atoms with Crippen LogP contribution in [0.4, 0.5) is 5.69 Å². The van der Waals surface area contributed by atoms with Crippen molar-refractivity contribution in [3.05, 3.63) is 40.9 Å². The summed E-state index contributed by atoms with van der Waals surface area (Å²) < 4.78 is 12.4. The zero-order chi connectivity index (χ0) is 17.8. The Balaban J connectivity index is 1.64. The van der Waals surface area contributed by atoms with E-state index in [0.29, 0.717) is 13.2 Å². The molecular weight excluding hydrogens is 386 g/mol. The number of nitrogens with zero attached hydrogens (tertiary/aromatic N) is 1. The molecule has 1 aromatic rings. The maximum absolute atomic E-state index is 13.2. The average molecular weight is 406 g/mol. The molecule has 2 fully saturated rings. The number of rotatable bonds is 4. The van der Waals surface area contributed by atoms with Crippen molar-refractivity contribution in [2.75, 3.05) is 18.1 Å². The first kappa shape index (κ1) is 16.8. The minimum atomic E-state index is -0.724. The number of hydrogen-bond donors (Lipinski definition) is 0. The Labute approximate surface area is 155 Å². The molecule has 4 rings (SSSR count). The molecule has 3 heterocycles. The van der Waals surface area contributed by atoms with Gasteiger partial charge in [0.15, 0.2) is 0 Å². The monoisotopic (exact) mass is 405 g/mol. The quantitative estimate of drug-likeness (QED) is 0.570. The van der Waals surface area contributed by atoms with Crippen molar-refractivity contribution in [2.45, 2.75) is 25.6 Å². The largest absolute Gasteiger partial charge is 0.465 e. The van der Waals surface area contributed by atoms with E-state index in [1.807, 2.05) is 50.3 Å². The fraction of sp³-hybridized carbons (Fsp3) is 0.474. The zero-order valence-corrected chi connectivity index (χ0v) is 15.7. The molecule has 3 aliphatic heterocycles. The molecule has 1 amide bonds. The molecular formula is C19H20BrNO4. The maximum Gasteiger partial charge on any atom is 0.312 e. The summed E-state index contributed by atoms with van der Waals surface area (Å²) >= 11 is 3.50. The van der Waals surface area contributed by atoms with Gasteiger partial charge in [0.25, 0.3) is 0 Å². The molecule has 0 aromatic heterocycles. The number of esters is 1. The summed E-state index contributed by atoms with van der Waals surface area (Å²) in [6, 6.07) is 7.59. The van der Waals surface area contributed by atoms with E-state index in [2.05, 4.69) is 15.9 Å². The van der Waals surface area contributed by atoms with Gasteiger partial charge in [0.05, 0.1) is 30.9 Å². The van der Waals surface area contributed by atoms with Gasteiger partial charge in [-0.2, -0.15) is 0 Å². The molecule has 0 N–H and O–H groups in total. The second-order valence-corrected chi connectivity index (χ2v) is 8.15. The number of fused-ring (bicyclic) bond motifs is 1. The SMILES string of the molecule is CC(C)COC(=O)C1[C@H]2C=CC3(CN(c4ccccc4Br)C(=O)[C@@H]13)O2. The summed E-state index contributed by atoms with van der Waals surface area (Å²) in [4.78, 5) is 27.5. The molecule has 25 heavy (non-hydrogen) atoms. The number of benzene rings is 1. The second-order valence-electron chi connectivity index (χ2n) is 7.30. The molecule has 6 heteroatoms. The summed E-state index contributed by atoms with van der Waals surface area (Å²) in [5.41, 5.74) is 0.0736. The van der Waals surface area contributed by atoms with Gasteiger partial charge in [-0.3, -0.25) is 9.59 Å². The third-order valence-corrected chi connectivity index (χ3v) is 5.75. The summed E-state index contributed by atoms with van der Waals surface area (Å²) in [5, 5.41) is 0. The first-order chi connectivity index (χ1) is 11.9. The summed E-state index contributed by atoms with van der Waals surface area (Å²) in [6.07, 6.45) is 3.48. The number of ether oxygens (including phenoxy) is 2. The molecule has 3 aliphatic rings. The molecule has 4 atom stereocenters. The number of anilines is 1. The van der Waals surface area contributed by atoms with Crippen LogP contribution in [0, 0.1) is 17.8 Å². The lowest BCUT2D eigenvalue weighted by molar-refractivity contribution is -0.153. The summed E-state index contributed by atoms with van der Waals surface area (Å²) in [7, 11) is 0. The average Bonchev–Trinajstić information content (AvgIpc) is 3.21. The van der Waals surface area contributed by atoms with Gasteiger partial charge in [-0.1, -0.05) is 38.1 Å². The zero-order valence-electron chi connectivity index (χ0n) is 14.1. The Morgan fingerprint density at radius 2 is 2.20 bits per heavy atom. The Morgan fingerprint density at radius 1 is 1.44 bits per heavy atom. The number of para-hydroxylation sites is 1. The van der Waals surface area contributed by atoms with Crippen LogP contribution in [0.5, 0.6) is 0 Å². The van der Waals surface area contributed by atoms with Crippen LogP contribution in [0.1, 0.15) is 13.8 Å². The van der Waals surface area contributed by atoms with Gasteiger partial charge in [-0.05, 0) is 34.0 Å². The predicted octanol–water partition coefficient (Wildman–Crippen LogP) is 2.93. The minimum Gasteiger partial charge on any atom is -0.465 e. The van der Waals surface area contributed by atoms with Gasteiger partial charge >= 0.3 is 5.97 Å². The van der Waals surface area contributed by atoms with Crippen LogP contribution in [-0.2, 0) is 19.1 Å². The Hall–Kier alpha value is -1.66. The molecule has 5 nitrogen and oxygen atoms in total. The van der Waals surface area contributed by atoms with Crippen LogP contribution in [0.2, 0.25) is 0 Å². The van der Waals surface area contributed by atoms with Crippen LogP contribution in [0.3, 0.4) is 0 Å². The van der Waals surface area contributed by atoms with E-state index >= 15 is 0 Å². The highest BCUT2D eigenvalue weighted by Crippen LogP contribution is 2.53. The third-order valence-electron chi connectivity index (χ3n) is 5.07. The van der Waals surface area contributed by atoms with Crippen molar-refractivity contribution in [1.82, 2.24) is 0 Å². The molecule has 0 saturated carbocycles. The molecule has 2 bridgehead atoms. The number of carbonyl (C=O) groups excluding carboxylic acids is 2. The normalized spacial score (nSPS) is 32.6. The van der Waals surface area contributed by atoms with Crippen molar-refractivity contribution in [2.24, 2.45) is 17.8 Å². The first-order valence-electron chi connectivity index (χ1n) is 8.53. The van der Waals surface area contributed by atoms with Gasteiger partial charge in [-0.25, -0.2) is 0 Å². The molecule has 0 aliphatic carbocycles. The van der Waals surface area contributed by atoms with Gasteiger partial charge in [-0.15, -0.1) is 0 Å². The number of amides is 1. The minimum absolute atomic E-state index is 0.0785. The number of carbonyl (C=O) groups is 2. The fourth-order valence-electron chi connectivity index (χ4n) is 3.99. The lowest BCUT2D eigenvalue weighted by Gasteiger charge is -2.23. The third kappa shape index (κ3) is 2.54. The maximum atomic E-state index is 13.2. The van der Waals surface area contributed by atoms with Crippen molar-refractivity contribution in [1.29, 1.82) is 0 Å². The van der Waals surface area contributed by atoms with E-state index in [1.54, 1.807) is 4.90 Å². The summed E-state index contributed by atoms with van der Waals surface area (Å²) in [6.45, 7) is 4.75. The predicted molar refractivity (Wildman–Crippen MR) is 96.0 cm³/mol. The van der Waals surface area contributed by atoms with Crippen molar-refractivity contribution < 1.29 is 19.1 Å². The van der Waals surface area contributed by atoms with Crippen LogP contribution in [-0.4, -0.2) is 36.7 Å². The van der Waals surface area contributed by atoms with Crippen LogP contribution in [0.25, 0.3) is 0 Å². The van der Waals surface area contributed by atoms with Crippen LogP contribution >= 0.6 is 15.9 Å². The van der Waals surface area contributed by atoms with Crippen molar-refractivity contribution in [3.63, 3.8) is 0 Å². The van der Waals surface area contributed by atoms with Crippen LogP contribution in [0.15, 0.2) is 40.9 Å². The second kappa shape index (κ2) is 5.95. The standard InChI is InChI=1S/C19H20BrNO4/c1-11(2)9-24-18(23)15-14-7-8-19(25-14)10-21(17(22)16(15)19)13-6-4-3-5-12(13)20/h3-8,11,14-16H,9-10H2,1-2H3/t14-,15?,16-,19?/m1/s1. The molecule has 132 valence electrons. The highest BCUT2D eigenvalue weighted by atomic mass is 79.9. The lowest BCUT2D eigenvalue weighted by Crippen LogP contribution is -2.40. The smallest absolute Gasteiger partial charge is 0.312 e. The molecule has 1 spiro atoms. The number of halogens is 1. The van der Waals surface area contributed by atoms with E-state index in [9.17, 15) is 9.59 Å². The van der Waals surface area contributed by atoms with E-state index < -0.39 is 17.4 Å². The van der Waals surface area contributed by atoms with E-state index in [-0.39, 0.29) is 23.9 Å². The molecule has 2 unspecified atom stereocenters. The summed E-state index contributed by atoms with van der Waals surface area (Å²) in [5.74, 6) is -1.25. The number of hydrogen-bond acceptors (Lipinski definition) is 4. The lowest BCUT2D eigenvalue weighted by atomic mass is 9.77. The Kier molecular flexibility index (Phi) is 4.00. The van der Waals surface area contributed by atoms with Crippen molar-refractivity contribution >= 4 is 33.5 Å². The van der Waals surface area contributed by atoms with E-state index in [1.165, 1.54) is 0 Å². The van der Waals surface area contributed by atoms with Gasteiger partial charge in [0.2, 0.25) is 5.91 Å². The van der Waals surface area contributed by atoms with Gasteiger partial charge in [0, 0.05) is 4.47 Å². The van der Waals surface area contributed by atoms with Crippen molar-refractivity contribution in [3.8, 4) is 0 Å². The van der Waals surface area contributed by atoms with Gasteiger partial charge < -0.3 is 14.4 Å². The first-order valence-corrected chi connectivity index (χ1v) is 9.32. The topological polar surface area (TPSA) is 55.8 Å². The van der Waals surface area contributed by atoms with E-state index in [0.717, 1.165) is 10.2 Å². The van der Waals surface area contributed by atoms with E-state index in [4.69, 9.17) is 9.47 Å². The van der Waals surface area contributed by atoms with Crippen LogP contribution < -0.4 is 4.90 Å². The molecule has 0 radical (unpaired) electrons.